The van der Waals surface area contributed by atoms with E-state index in [1.54, 1.807) is 6.07 Å². The molecule has 0 N–H and O–H groups in total. The molecule has 0 aliphatic carbocycles. The van der Waals surface area contributed by atoms with Crippen LogP contribution in [0.5, 0.6) is 0 Å². The molecule has 0 bridgehead atoms. The van der Waals surface area contributed by atoms with Crippen LogP contribution in [0.1, 0.15) is 19.4 Å². The van der Waals surface area contributed by atoms with Crippen molar-refractivity contribution in [3.63, 3.8) is 0 Å². The number of nitro groups is 1. The van der Waals surface area contributed by atoms with Crippen LogP contribution in [0.15, 0.2) is 18.2 Å². The number of rotatable bonds is 8. The van der Waals surface area contributed by atoms with Gasteiger partial charge in [-0.3, -0.25) is 10.1 Å². The van der Waals surface area contributed by atoms with Crippen LogP contribution < -0.4 is 4.90 Å². The Bertz CT molecular complexity index is 478. The van der Waals surface area contributed by atoms with E-state index in [2.05, 4.69) is 23.6 Å². The molecule has 1 rings (SSSR count). The van der Waals surface area contributed by atoms with Gasteiger partial charge in [-0.05, 0) is 32.1 Å². The van der Waals surface area contributed by atoms with E-state index in [4.69, 9.17) is 11.6 Å². The second-order valence-electron chi connectivity index (χ2n) is 5.85. The summed E-state index contributed by atoms with van der Waals surface area (Å²) in [6, 6.07) is 5.20. The lowest BCUT2D eigenvalue weighted by Gasteiger charge is -2.28. The Morgan fingerprint density at radius 3 is 2.43 bits per heavy atom. The summed E-state index contributed by atoms with van der Waals surface area (Å²) in [6.07, 6.45) is 0. The zero-order valence-corrected chi connectivity index (χ0v) is 13.9. The van der Waals surface area contributed by atoms with Gasteiger partial charge in [0, 0.05) is 37.0 Å². The minimum absolute atomic E-state index is 0.0888. The smallest absolute Gasteiger partial charge is 0.273 e. The molecule has 6 heteroatoms. The maximum atomic E-state index is 11.0. The third-order valence-electron chi connectivity index (χ3n) is 3.17. The highest BCUT2D eigenvalue weighted by Crippen LogP contribution is 2.26. The molecule has 0 aliphatic rings. The van der Waals surface area contributed by atoms with Crippen LogP contribution in [0.2, 0.25) is 0 Å². The minimum atomic E-state index is -0.381. The van der Waals surface area contributed by atoms with Crippen molar-refractivity contribution in [2.75, 3.05) is 38.6 Å². The van der Waals surface area contributed by atoms with Gasteiger partial charge in [0.05, 0.1) is 10.8 Å². The van der Waals surface area contributed by atoms with E-state index in [1.807, 2.05) is 26.2 Å². The van der Waals surface area contributed by atoms with Crippen molar-refractivity contribution >= 4 is 23.0 Å². The van der Waals surface area contributed by atoms with E-state index in [1.165, 1.54) is 0 Å². The van der Waals surface area contributed by atoms with Crippen molar-refractivity contribution in [1.29, 1.82) is 0 Å². The molecule has 0 amide bonds. The zero-order valence-electron chi connectivity index (χ0n) is 13.2. The highest BCUT2D eigenvalue weighted by atomic mass is 35.5. The summed E-state index contributed by atoms with van der Waals surface area (Å²) in [5, 5.41) is 11.0. The summed E-state index contributed by atoms with van der Waals surface area (Å²) in [6.45, 7) is 7.05. The first-order chi connectivity index (χ1) is 9.85. The van der Waals surface area contributed by atoms with Crippen molar-refractivity contribution in [3.05, 3.63) is 33.9 Å². The molecule has 21 heavy (non-hydrogen) atoms. The monoisotopic (exact) mass is 313 g/mol. The Balaban J connectivity index is 3.03. The number of anilines is 1. The second kappa shape index (κ2) is 8.20. The largest absolute Gasteiger partial charge is 0.370 e. The Morgan fingerprint density at radius 1 is 1.29 bits per heavy atom. The van der Waals surface area contributed by atoms with Gasteiger partial charge in [0.25, 0.3) is 5.69 Å². The average Bonchev–Trinajstić information content (AvgIpc) is 2.42. The van der Waals surface area contributed by atoms with Crippen LogP contribution in [0.4, 0.5) is 11.4 Å². The first-order valence-corrected chi connectivity index (χ1v) is 7.61. The summed E-state index contributed by atoms with van der Waals surface area (Å²) >= 11 is 5.85. The molecule has 118 valence electrons. The lowest BCUT2D eigenvalue weighted by molar-refractivity contribution is -0.385. The predicted molar refractivity (Wildman–Crippen MR) is 88.3 cm³/mol. The fourth-order valence-electron chi connectivity index (χ4n) is 2.14. The summed E-state index contributed by atoms with van der Waals surface area (Å²) in [4.78, 5) is 15.0. The Labute approximate surface area is 131 Å². The van der Waals surface area contributed by atoms with Crippen LogP contribution in [0, 0.1) is 16.0 Å². The normalized spacial score (nSPS) is 11.2. The van der Waals surface area contributed by atoms with Gasteiger partial charge in [-0.25, -0.2) is 0 Å². The van der Waals surface area contributed by atoms with Crippen molar-refractivity contribution in [2.45, 2.75) is 19.7 Å². The van der Waals surface area contributed by atoms with Crippen LogP contribution in [-0.2, 0) is 5.88 Å². The molecule has 0 aromatic heterocycles. The number of nitrogens with zero attached hydrogens (tertiary/aromatic N) is 3. The minimum Gasteiger partial charge on any atom is -0.370 e. The van der Waals surface area contributed by atoms with Crippen LogP contribution in [0.3, 0.4) is 0 Å². The molecule has 0 fully saturated rings. The van der Waals surface area contributed by atoms with Gasteiger partial charge in [0.15, 0.2) is 0 Å². The van der Waals surface area contributed by atoms with Crippen molar-refractivity contribution in [1.82, 2.24) is 4.90 Å². The van der Waals surface area contributed by atoms with E-state index in [0.29, 0.717) is 11.5 Å². The zero-order chi connectivity index (χ0) is 16.0. The second-order valence-corrected chi connectivity index (χ2v) is 6.11. The Hall–Kier alpha value is -1.33. The highest BCUT2D eigenvalue weighted by molar-refractivity contribution is 6.17. The topological polar surface area (TPSA) is 49.6 Å². The van der Waals surface area contributed by atoms with E-state index in [-0.39, 0.29) is 16.5 Å². The summed E-state index contributed by atoms with van der Waals surface area (Å²) < 4.78 is 0. The Morgan fingerprint density at radius 2 is 1.95 bits per heavy atom. The third-order valence-corrected chi connectivity index (χ3v) is 3.46. The van der Waals surface area contributed by atoms with E-state index >= 15 is 0 Å². The quantitative estimate of drug-likeness (QED) is 0.419. The number of halogens is 1. The molecule has 0 unspecified atom stereocenters. The first kappa shape index (κ1) is 17.7. The standard InChI is InChI=1S/C15H24ClN3O2/c1-12(2)11-18(8-7-17(3)4)14-5-6-15(19(20)21)13(9-14)10-16/h5-6,9,12H,7-8,10-11H2,1-4H3. The van der Waals surface area contributed by atoms with Gasteiger partial charge in [-0.15, -0.1) is 11.6 Å². The summed E-state index contributed by atoms with van der Waals surface area (Å²) in [5.74, 6) is 0.662. The fraction of sp³-hybridized carbons (Fsp3) is 0.600. The predicted octanol–water partition coefficient (Wildman–Crippen LogP) is 3.36. The lowest BCUT2D eigenvalue weighted by Crippen LogP contribution is -2.34. The molecule has 0 atom stereocenters. The van der Waals surface area contributed by atoms with Crippen LogP contribution >= 0.6 is 11.6 Å². The van der Waals surface area contributed by atoms with Gasteiger partial charge in [0.2, 0.25) is 0 Å². The number of benzene rings is 1. The van der Waals surface area contributed by atoms with Gasteiger partial charge in [-0.1, -0.05) is 13.8 Å². The third kappa shape index (κ3) is 5.52. The molecule has 0 spiro atoms. The van der Waals surface area contributed by atoms with Crippen molar-refractivity contribution in [2.24, 2.45) is 5.92 Å². The highest BCUT2D eigenvalue weighted by Gasteiger charge is 2.16. The molecule has 1 aromatic rings. The molecule has 0 saturated carbocycles. The first-order valence-electron chi connectivity index (χ1n) is 7.08. The lowest BCUT2D eigenvalue weighted by atomic mass is 10.1. The van der Waals surface area contributed by atoms with Gasteiger partial charge in [-0.2, -0.15) is 0 Å². The maximum Gasteiger partial charge on any atom is 0.273 e. The number of hydrogen-bond donors (Lipinski definition) is 0. The van der Waals surface area contributed by atoms with Gasteiger partial charge < -0.3 is 9.80 Å². The molecule has 0 heterocycles. The van der Waals surface area contributed by atoms with E-state index in [0.717, 1.165) is 25.3 Å². The van der Waals surface area contributed by atoms with Gasteiger partial charge >= 0.3 is 0 Å². The molecule has 0 saturated heterocycles. The summed E-state index contributed by atoms with van der Waals surface area (Å²) in [7, 11) is 4.07. The number of alkyl halides is 1. The molecule has 0 radical (unpaired) electrons. The van der Waals surface area contributed by atoms with Crippen molar-refractivity contribution in [3.8, 4) is 0 Å². The maximum absolute atomic E-state index is 11.0. The number of likely N-dealkylation sites (N-methyl/N-ethyl adjacent to an activating group) is 1. The molecule has 1 aromatic carbocycles. The fourth-order valence-corrected chi connectivity index (χ4v) is 2.36. The van der Waals surface area contributed by atoms with Gasteiger partial charge in [0.1, 0.15) is 0 Å². The molecule has 0 aliphatic heterocycles. The summed E-state index contributed by atoms with van der Waals surface area (Å²) in [5.41, 5.74) is 1.65. The van der Waals surface area contributed by atoms with E-state index in [9.17, 15) is 10.1 Å². The van der Waals surface area contributed by atoms with Crippen LogP contribution in [0.25, 0.3) is 0 Å². The molecule has 5 nitrogen and oxygen atoms in total. The number of nitro benzene ring substituents is 1. The SMILES string of the molecule is CC(C)CN(CCN(C)C)c1ccc([N+](=O)[O-])c(CCl)c1. The van der Waals surface area contributed by atoms with E-state index < -0.39 is 0 Å². The van der Waals surface area contributed by atoms with Crippen LogP contribution in [-0.4, -0.2) is 43.6 Å². The Kier molecular flexibility index (Phi) is 6.92. The number of hydrogen-bond acceptors (Lipinski definition) is 4. The average molecular weight is 314 g/mol. The van der Waals surface area contributed by atoms with Crippen molar-refractivity contribution < 1.29 is 4.92 Å². The molecular weight excluding hydrogens is 290 g/mol. The molecular formula is C15H24ClN3O2.